The van der Waals surface area contributed by atoms with Crippen LogP contribution in [0.2, 0.25) is 0 Å². The van der Waals surface area contributed by atoms with Crippen molar-refractivity contribution in [3.8, 4) is 5.75 Å². The highest BCUT2D eigenvalue weighted by molar-refractivity contribution is 5.28. The Balaban J connectivity index is 2.56. The van der Waals surface area contributed by atoms with Gasteiger partial charge in [-0.05, 0) is 38.5 Å². The number of rotatable bonds is 6. The van der Waals surface area contributed by atoms with E-state index in [1.807, 2.05) is 45.0 Å². The van der Waals surface area contributed by atoms with Crippen LogP contribution in [0, 0.1) is 0 Å². The number of hydrogen-bond acceptors (Lipinski definition) is 3. The molecule has 0 heterocycles. The SMILES string of the molecule is CCOCC(O)c1ccc(OC(C)C)cc1. The molecule has 0 bridgehead atoms. The summed E-state index contributed by atoms with van der Waals surface area (Å²) >= 11 is 0. The summed E-state index contributed by atoms with van der Waals surface area (Å²) in [6.07, 6.45) is -0.396. The van der Waals surface area contributed by atoms with E-state index in [-0.39, 0.29) is 6.10 Å². The first-order valence-corrected chi connectivity index (χ1v) is 5.66. The predicted molar refractivity (Wildman–Crippen MR) is 63.7 cm³/mol. The maximum atomic E-state index is 9.76. The highest BCUT2D eigenvalue weighted by Gasteiger charge is 2.07. The Hall–Kier alpha value is -1.06. The van der Waals surface area contributed by atoms with Gasteiger partial charge in [-0.3, -0.25) is 0 Å². The maximum Gasteiger partial charge on any atom is 0.119 e. The van der Waals surface area contributed by atoms with Crippen LogP contribution in [0.5, 0.6) is 5.75 Å². The highest BCUT2D eigenvalue weighted by Crippen LogP contribution is 2.18. The van der Waals surface area contributed by atoms with E-state index in [1.54, 1.807) is 0 Å². The van der Waals surface area contributed by atoms with Crippen molar-refractivity contribution in [1.82, 2.24) is 0 Å². The van der Waals surface area contributed by atoms with Crippen LogP contribution in [0.25, 0.3) is 0 Å². The monoisotopic (exact) mass is 224 g/mol. The van der Waals surface area contributed by atoms with E-state index in [0.29, 0.717) is 13.2 Å². The molecule has 1 atom stereocenters. The smallest absolute Gasteiger partial charge is 0.119 e. The van der Waals surface area contributed by atoms with Gasteiger partial charge in [0.05, 0.1) is 12.7 Å². The number of benzene rings is 1. The molecule has 1 aromatic carbocycles. The molecule has 0 aliphatic rings. The molecule has 3 heteroatoms. The topological polar surface area (TPSA) is 38.7 Å². The fraction of sp³-hybridized carbons (Fsp3) is 0.538. The third-order valence-electron chi connectivity index (χ3n) is 2.12. The van der Waals surface area contributed by atoms with Gasteiger partial charge in [0.1, 0.15) is 11.9 Å². The highest BCUT2D eigenvalue weighted by atomic mass is 16.5. The van der Waals surface area contributed by atoms with Crippen molar-refractivity contribution in [3.63, 3.8) is 0 Å². The summed E-state index contributed by atoms with van der Waals surface area (Å²) in [5, 5.41) is 9.76. The van der Waals surface area contributed by atoms with E-state index < -0.39 is 6.10 Å². The van der Waals surface area contributed by atoms with Crippen LogP contribution < -0.4 is 4.74 Å². The molecule has 0 aliphatic carbocycles. The quantitative estimate of drug-likeness (QED) is 0.807. The minimum absolute atomic E-state index is 0.166. The molecule has 3 nitrogen and oxygen atoms in total. The van der Waals surface area contributed by atoms with Crippen molar-refractivity contribution in [2.75, 3.05) is 13.2 Å². The van der Waals surface area contributed by atoms with Crippen molar-refractivity contribution in [3.05, 3.63) is 29.8 Å². The van der Waals surface area contributed by atoms with Crippen molar-refractivity contribution >= 4 is 0 Å². The number of aliphatic hydroxyl groups excluding tert-OH is 1. The van der Waals surface area contributed by atoms with Crippen LogP contribution in [0.4, 0.5) is 0 Å². The van der Waals surface area contributed by atoms with E-state index >= 15 is 0 Å². The minimum Gasteiger partial charge on any atom is -0.491 e. The Labute approximate surface area is 97.0 Å². The molecule has 0 amide bonds. The molecule has 1 N–H and O–H groups in total. The van der Waals surface area contributed by atoms with E-state index in [0.717, 1.165) is 11.3 Å². The minimum atomic E-state index is -0.562. The summed E-state index contributed by atoms with van der Waals surface area (Å²) in [6, 6.07) is 7.46. The van der Waals surface area contributed by atoms with Crippen molar-refractivity contribution in [2.24, 2.45) is 0 Å². The molecular weight excluding hydrogens is 204 g/mol. The molecule has 1 unspecified atom stereocenters. The summed E-state index contributed by atoms with van der Waals surface area (Å²) in [5.41, 5.74) is 0.851. The summed E-state index contributed by atoms with van der Waals surface area (Å²) in [4.78, 5) is 0. The van der Waals surface area contributed by atoms with Gasteiger partial charge in [-0.1, -0.05) is 12.1 Å². The molecule has 0 aliphatic heterocycles. The van der Waals surface area contributed by atoms with Crippen LogP contribution in [0.15, 0.2) is 24.3 Å². The molecule has 0 saturated heterocycles. The first-order valence-electron chi connectivity index (χ1n) is 5.66. The summed E-state index contributed by atoms with van der Waals surface area (Å²) in [6.45, 7) is 6.83. The van der Waals surface area contributed by atoms with E-state index in [4.69, 9.17) is 9.47 Å². The Kier molecular flexibility index (Phi) is 5.29. The zero-order valence-corrected chi connectivity index (χ0v) is 10.1. The lowest BCUT2D eigenvalue weighted by Crippen LogP contribution is -2.08. The lowest BCUT2D eigenvalue weighted by Gasteiger charge is -2.13. The molecule has 1 rings (SSSR count). The fourth-order valence-corrected chi connectivity index (χ4v) is 1.37. The van der Waals surface area contributed by atoms with E-state index in [9.17, 15) is 5.11 Å². The van der Waals surface area contributed by atoms with Crippen LogP contribution in [0.3, 0.4) is 0 Å². The molecule has 1 aromatic rings. The molecule has 16 heavy (non-hydrogen) atoms. The predicted octanol–water partition coefficient (Wildman–Crippen LogP) is 2.54. The first-order chi connectivity index (χ1) is 7.63. The lowest BCUT2D eigenvalue weighted by atomic mass is 10.1. The van der Waals surface area contributed by atoms with Crippen LogP contribution in [-0.2, 0) is 4.74 Å². The van der Waals surface area contributed by atoms with Gasteiger partial charge in [-0.2, -0.15) is 0 Å². The summed E-state index contributed by atoms with van der Waals surface area (Å²) < 4.78 is 10.7. The molecule has 90 valence electrons. The molecule has 0 radical (unpaired) electrons. The fourth-order valence-electron chi connectivity index (χ4n) is 1.37. The Morgan fingerprint density at radius 2 is 1.81 bits per heavy atom. The molecular formula is C13H20O3. The van der Waals surface area contributed by atoms with Gasteiger partial charge in [0.15, 0.2) is 0 Å². The van der Waals surface area contributed by atoms with E-state index in [2.05, 4.69) is 0 Å². The number of hydrogen-bond donors (Lipinski definition) is 1. The molecule has 0 spiro atoms. The van der Waals surface area contributed by atoms with Crippen molar-refractivity contribution in [1.29, 1.82) is 0 Å². The Bertz CT molecular complexity index is 293. The zero-order valence-electron chi connectivity index (χ0n) is 10.1. The molecule has 0 saturated carbocycles. The second-order valence-electron chi connectivity index (χ2n) is 3.91. The largest absolute Gasteiger partial charge is 0.491 e. The second kappa shape index (κ2) is 6.51. The standard InChI is InChI=1S/C13H20O3/c1-4-15-9-13(14)11-5-7-12(8-6-11)16-10(2)3/h5-8,10,13-14H,4,9H2,1-3H3. The van der Waals surface area contributed by atoms with Crippen LogP contribution in [-0.4, -0.2) is 24.4 Å². The van der Waals surface area contributed by atoms with Gasteiger partial charge in [-0.25, -0.2) is 0 Å². The van der Waals surface area contributed by atoms with Crippen LogP contribution >= 0.6 is 0 Å². The Morgan fingerprint density at radius 1 is 1.19 bits per heavy atom. The molecule has 0 aromatic heterocycles. The third-order valence-corrected chi connectivity index (χ3v) is 2.12. The van der Waals surface area contributed by atoms with Crippen molar-refractivity contribution < 1.29 is 14.6 Å². The lowest BCUT2D eigenvalue weighted by molar-refractivity contribution is 0.0420. The second-order valence-corrected chi connectivity index (χ2v) is 3.91. The van der Waals surface area contributed by atoms with Gasteiger partial charge < -0.3 is 14.6 Å². The Morgan fingerprint density at radius 3 is 2.31 bits per heavy atom. The van der Waals surface area contributed by atoms with Gasteiger partial charge in [-0.15, -0.1) is 0 Å². The van der Waals surface area contributed by atoms with Gasteiger partial charge >= 0.3 is 0 Å². The average Bonchev–Trinajstić information content (AvgIpc) is 2.26. The number of aliphatic hydroxyl groups is 1. The van der Waals surface area contributed by atoms with Gasteiger partial charge in [0.2, 0.25) is 0 Å². The number of ether oxygens (including phenoxy) is 2. The van der Waals surface area contributed by atoms with Gasteiger partial charge in [0.25, 0.3) is 0 Å². The summed E-state index contributed by atoms with van der Waals surface area (Å²) in [5.74, 6) is 0.822. The first kappa shape index (κ1) is 13.0. The third kappa shape index (κ3) is 4.21. The summed E-state index contributed by atoms with van der Waals surface area (Å²) in [7, 11) is 0. The zero-order chi connectivity index (χ0) is 12.0. The average molecular weight is 224 g/mol. The van der Waals surface area contributed by atoms with E-state index in [1.165, 1.54) is 0 Å². The van der Waals surface area contributed by atoms with Gasteiger partial charge in [0, 0.05) is 6.61 Å². The van der Waals surface area contributed by atoms with Crippen LogP contribution in [0.1, 0.15) is 32.4 Å². The molecule has 0 fully saturated rings. The van der Waals surface area contributed by atoms with Crippen molar-refractivity contribution in [2.45, 2.75) is 33.0 Å². The maximum absolute atomic E-state index is 9.76. The normalized spacial score (nSPS) is 12.8.